The zero-order valence-corrected chi connectivity index (χ0v) is 10.5. The van der Waals surface area contributed by atoms with Crippen LogP contribution in [0.5, 0.6) is 0 Å². The maximum absolute atomic E-state index is 11.3. The molecule has 0 fully saturated rings. The second kappa shape index (κ2) is 7.48. The number of aliphatic carboxylic acids is 1. The largest absolute Gasteiger partial charge is 0.481 e. The fourth-order valence-electron chi connectivity index (χ4n) is 1.56. The summed E-state index contributed by atoms with van der Waals surface area (Å²) in [6.07, 6.45) is 2.02. The third kappa shape index (κ3) is 4.57. The van der Waals surface area contributed by atoms with Gasteiger partial charge in [-0.25, -0.2) is 0 Å². The summed E-state index contributed by atoms with van der Waals surface area (Å²) in [5.41, 5.74) is 0.647. The summed E-state index contributed by atoms with van der Waals surface area (Å²) in [7, 11) is 0. The van der Waals surface area contributed by atoms with Crippen LogP contribution in [0.15, 0.2) is 30.3 Å². The lowest BCUT2D eigenvalue weighted by Crippen LogP contribution is -2.20. The van der Waals surface area contributed by atoms with E-state index in [1.54, 1.807) is 24.3 Å². The number of esters is 1. The van der Waals surface area contributed by atoms with Gasteiger partial charge in [-0.05, 0) is 12.0 Å². The van der Waals surface area contributed by atoms with Crippen LogP contribution in [0, 0.1) is 0 Å². The van der Waals surface area contributed by atoms with E-state index in [0.29, 0.717) is 12.0 Å². The number of carboxylic acids is 1. The van der Waals surface area contributed by atoms with E-state index in [2.05, 4.69) is 0 Å². The molecule has 0 aliphatic rings. The number of benzene rings is 1. The fourth-order valence-corrected chi connectivity index (χ4v) is 1.56. The molecule has 98 valence electrons. The van der Waals surface area contributed by atoms with Crippen LogP contribution in [0.1, 0.15) is 37.7 Å². The predicted octanol–water partition coefficient (Wildman–Crippen LogP) is 2.59. The first-order valence-corrected chi connectivity index (χ1v) is 6.08. The highest BCUT2D eigenvalue weighted by molar-refractivity contribution is 5.77. The number of ether oxygens (including phenoxy) is 1. The first-order chi connectivity index (χ1) is 8.65. The van der Waals surface area contributed by atoms with E-state index in [-0.39, 0.29) is 12.6 Å². The first-order valence-electron chi connectivity index (χ1n) is 6.08. The molecular formula is C14H18O4. The average molecular weight is 250 g/mol. The van der Waals surface area contributed by atoms with Gasteiger partial charge in [0.2, 0.25) is 0 Å². The van der Waals surface area contributed by atoms with Crippen LogP contribution < -0.4 is 0 Å². The van der Waals surface area contributed by atoms with Gasteiger partial charge in [-0.15, -0.1) is 0 Å². The molecule has 0 saturated carbocycles. The molecule has 0 heterocycles. The molecule has 4 nitrogen and oxygen atoms in total. The van der Waals surface area contributed by atoms with Gasteiger partial charge in [0.15, 0.2) is 0 Å². The van der Waals surface area contributed by atoms with Gasteiger partial charge in [-0.1, -0.05) is 43.7 Å². The zero-order chi connectivity index (χ0) is 13.4. The lowest BCUT2D eigenvalue weighted by atomic mass is 10.0. The van der Waals surface area contributed by atoms with Crippen molar-refractivity contribution >= 4 is 11.9 Å². The predicted molar refractivity (Wildman–Crippen MR) is 67.3 cm³/mol. The van der Waals surface area contributed by atoms with E-state index in [9.17, 15) is 9.59 Å². The Labute approximate surface area is 107 Å². The number of carbonyl (C=O) groups excluding carboxylic acids is 1. The van der Waals surface area contributed by atoms with Crippen LogP contribution in [0.2, 0.25) is 0 Å². The van der Waals surface area contributed by atoms with Crippen LogP contribution in [-0.2, 0) is 14.3 Å². The van der Waals surface area contributed by atoms with Crippen molar-refractivity contribution in [2.45, 2.75) is 32.1 Å². The van der Waals surface area contributed by atoms with Gasteiger partial charge in [0.25, 0.3) is 0 Å². The van der Waals surface area contributed by atoms with E-state index in [1.165, 1.54) is 0 Å². The molecule has 0 radical (unpaired) electrons. The smallest absolute Gasteiger partial charge is 0.314 e. The van der Waals surface area contributed by atoms with Gasteiger partial charge < -0.3 is 9.84 Å². The van der Waals surface area contributed by atoms with Crippen LogP contribution >= 0.6 is 0 Å². The second-order valence-corrected chi connectivity index (χ2v) is 4.09. The van der Waals surface area contributed by atoms with Crippen molar-refractivity contribution < 1.29 is 19.4 Å². The fraction of sp³-hybridized carbons (Fsp3) is 0.429. The molecule has 0 aliphatic carbocycles. The van der Waals surface area contributed by atoms with Crippen LogP contribution in [0.4, 0.5) is 0 Å². The molecule has 0 amide bonds. The Hall–Kier alpha value is -1.84. The van der Waals surface area contributed by atoms with Crippen LogP contribution in [0.3, 0.4) is 0 Å². The molecule has 0 aliphatic heterocycles. The third-order valence-corrected chi connectivity index (χ3v) is 2.65. The van der Waals surface area contributed by atoms with E-state index in [1.807, 2.05) is 13.0 Å². The maximum Gasteiger partial charge on any atom is 0.314 e. The average Bonchev–Trinajstić information content (AvgIpc) is 2.37. The molecule has 1 rings (SSSR count). The number of hydrogen-bond donors (Lipinski definition) is 1. The Kier molecular flexibility index (Phi) is 5.91. The van der Waals surface area contributed by atoms with Gasteiger partial charge in [-0.3, -0.25) is 9.59 Å². The van der Waals surface area contributed by atoms with E-state index < -0.39 is 11.9 Å². The molecule has 0 saturated heterocycles. The van der Waals surface area contributed by atoms with Crippen LogP contribution in [-0.4, -0.2) is 23.7 Å². The number of carbonyl (C=O) groups is 2. The SMILES string of the molecule is CCCCC(=O)OCC(C(=O)O)c1ccccc1. The highest BCUT2D eigenvalue weighted by Gasteiger charge is 2.21. The highest BCUT2D eigenvalue weighted by atomic mass is 16.5. The normalized spacial score (nSPS) is 11.8. The minimum absolute atomic E-state index is 0.109. The summed E-state index contributed by atoms with van der Waals surface area (Å²) < 4.78 is 5.00. The molecular weight excluding hydrogens is 232 g/mol. The van der Waals surface area contributed by atoms with Gasteiger partial charge in [0.05, 0.1) is 0 Å². The topological polar surface area (TPSA) is 63.6 Å². The van der Waals surface area contributed by atoms with Gasteiger partial charge in [0, 0.05) is 6.42 Å². The lowest BCUT2D eigenvalue weighted by molar-refractivity contribution is -0.148. The van der Waals surface area contributed by atoms with Gasteiger partial charge in [0.1, 0.15) is 12.5 Å². The highest BCUT2D eigenvalue weighted by Crippen LogP contribution is 2.16. The summed E-state index contributed by atoms with van der Waals surface area (Å²) in [4.78, 5) is 22.5. The second-order valence-electron chi connectivity index (χ2n) is 4.09. The Morgan fingerprint density at radius 1 is 1.28 bits per heavy atom. The number of hydrogen-bond acceptors (Lipinski definition) is 3. The Morgan fingerprint density at radius 3 is 2.50 bits per heavy atom. The monoisotopic (exact) mass is 250 g/mol. The lowest BCUT2D eigenvalue weighted by Gasteiger charge is -2.13. The molecule has 4 heteroatoms. The minimum atomic E-state index is -0.982. The quantitative estimate of drug-likeness (QED) is 0.755. The van der Waals surface area contributed by atoms with Gasteiger partial charge in [-0.2, -0.15) is 0 Å². The molecule has 1 unspecified atom stereocenters. The number of rotatable bonds is 7. The zero-order valence-electron chi connectivity index (χ0n) is 10.5. The van der Waals surface area contributed by atoms with E-state index in [4.69, 9.17) is 9.84 Å². The Bertz CT molecular complexity index is 386. The summed E-state index contributed by atoms with van der Waals surface area (Å²) in [6, 6.07) is 8.79. The maximum atomic E-state index is 11.3. The van der Waals surface area contributed by atoms with E-state index >= 15 is 0 Å². The third-order valence-electron chi connectivity index (χ3n) is 2.65. The van der Waals surface area contributed by atoms with Gasteiger partial charge >= 0.3 is 11.9 Å². The number of unbranched alkanes of at least 4 members (excludes halogenated alkanes) is 1. The minimum Gasteiger partial charge on any atom is -0.481 e. The molecule has 18 heavy (non-hydrogen) atoms. The first kappa shape index (κ1) is 14.2. The molecule has 1 N–H and O–H groups in total. The standard InChI is InChI=1S/C14H18O4/c1-2-3-9-13(15)18-10-12(14(16)17)11-7-5-4-6-8-11/h4-8,12H,2-3,9-10H2,1H3,(H,16,17). The molecule has 0 spiro atoms. The van der Waals surface area contributed by atoms with Crippen molar-refractivity contribution in [2.24, 2.45) is 0 Å². The summed E-state index contributed by atoms with van der Waals surface area (Å²) >= 11 is 0. The van der Waals surface area contributed by atoms with Crippen molar-refractivity contribution in [3.05, 3.63) is 35.9 Å². The molecule has 1 aromatic carbocycles. The van der Waals surface area contributed by atoms with Crippen molar-refractivity contribution in [1.82, 2.24) is 0 Å². The van der Waals surface area contributed by atoms with Crippen LogP contribution in [0.25, 0.3) is 0 Å². The Balaban J connectivity index is 2.55. The Morgan fingerprint density at radius 2 is 1.94 bits per heavy atom. The van der Waals surface area contributed by atoms with Crippen molar-refractivity contribution in [2.75, 3.05) is 6.61 Å². The van der Waals surface area contributed by atoms with E-state index in [0.717, 1.165) is 12.8 Å². The van der Waals surface area contributed by atoms with Crippen molar-refractivity contribution in [3.63, 3.8) is 0 Å². The molecule has 1 aromatic rings. The van der Waals surface area contributed by atoms with Crippen molar-refractivity contribution in [3.8, 4) is 0 Å². The van der Waals surface area contributed by atoms with Crippen molar-refractivity contribution in [1.29, 1.82) is 0 Å². The summed E-state index contributed by atoms with van der Waals surface area (Å²) in [6.45, 7) is 1.87. The summed E-state index contributed by atoms with van der Waals surface area (Å²) in [5.74, 6) is -2.11. The molecule has 0 aromatic heterocycles. The molecule has 1 atom stereocenters. The summed E-state index contributed by atoms with van der Waals surface area (Å²) in [5, 5.41) is 9.12. The number of carboxylic acid groups (broad SMARTS) is 1. The molecule has 0 bridgehead atoms.